The van der Waals surface area contributed by atoms with Gasteiger partial charge in [-0.05, 0) is 82.8 Å². The number of imidazole rings is 1. The number of amides is 2. The molecule has 3 aliphatic rings. The molecular formula is C34H43N5O5. The molecule has 2 amide bonds. The molecule has 44 heavy (non-hydrogen) atoms. The Morgan fingerprint density at radius 1 is 1.05 bits per heavy atom. The third-order valence-electron chi connectivity index (χ3n) is 8.95. The van der Waals surface area contributed by atoms with Gasteiger partial charge in [-0.2, -0.15) is 0 Å². The summed E-state index contributed by atoms with van der Waals surface area (Å²) in [7, 11) is 0. The van der Waals surface area contributed by atoms with Crippen LogP contribution in [0.25, 0.3) is 11.4 Å². The first-order valence-corrected chi connectivity index (χ1v) is 16.1. The SMILES string of the molecule is Cc1nc(OC2CCC2)ccc1-c1nc(NC=O)c(C(=O)N(CCCOC2CCCCO2)C2CCC2)n1Cc1ccccc1. The molecule has 1 aliphatic heterocycles. The summed E-state index contributed by atoms with van der Waals surface area (Å²) < 4.78 is 19.7. The molecule has 1 atom stereocenters. The summed E-state index contributed by atoms with van der Waals surface area (Å²) in [5.74, 6) is 1.28. The van der Waals surface area contributed by atoms with Crippen molar-refractivity contribution in [3.05, 3.63) is 59.4 Å². The smallest absolute Gasteiger partial charge is 0.274 e. The number of carbonyl (C=O) groups excluding carboxylic acids is 2. The second-order valence-electron chi connectivity index (χ2n) is 12.0. The van der Waals surface area contributed by atoms with Crippen LogP contribution in [-0.2, 0) is 20.8 Å². The molecule has 6 rings (SSSR count). The summed E-state index contributed by atoms with van der Waals surface area (Å²) in [5, 5.41) is 2.74. The molecule has 1 aromatic carbocycles. The predicted molar refractivity (Wildman–Crippen MR) is 167 cm³/mol. The Morgan fingerprint density at radius 2 is 1.86 bits per heavy atom. The van der Waals surface area contributed by atoms with Crippen molar-refractivity contribution in [3.8, 4) is 17.3 Å². The Balaban J connectivity index is 1.32. The van der Waals surface area contributed by atoms with Gasteiger partial charge in [-0.15, -0.1) is 0 Å². The van der Waals surface area contributed by atoms with Crippen LogP contribution < -0.4 is 10.1 Å². The van der Waals surface area contributed by atoms with Crippen LogP contribution >= 0.6 is 0 Å². The molecule has 2 saturated carbocycles. The van der Waals surface area contributed by atoms with Crippen molar-refractivity contribution in [2.45, 2.75) is 96.1 Å². The molecule has 3 aromatic rings. The highest BCUT2D eigenvalue weighted by atomic mass is 16.7. The molecule has 3 heterocycles. The maximum Gasteiger partial charge on any atom is 0.274 e. The number of aromatic nitrogens is 3. The van der Waals surface area contributed by atoms with Crippen LogP contribution in [0.3, 0.4) is 0 Å². The lowest BCUT2D eigenvalue weighted by Crippen LogP contribution is -2.46. The number of benzene rings is 1. The van der Waals surface area contributed by atoms with Crippen molar-refractivity contribution in [2.75, 3.05) is 25.1 Å². The zero-order valence-electron chi connectivity index (χ0n) is 25.6. The minimum atomic E-state index is -0.155. The van der Waals surface area contributed by atoms with Crippen LogP contribution in [0.15, 0.2) is 42.5 Å². The van der Waals surface area contributed by atoms with Gasteiger partial charge in [0.1, 0.15) is 11.9 Å². The number of hydrogen-bond acceptors (Lipinski definition) is 7. The maximum atomic E-state index is 14.5. The summed E-state index contributed by atoms with van der Waals surface area (Å²) in [6.45, 7) is 4.15. The van der Waals surface area contributed by atoms with E-state index < -0.39 is 0 Å². The van der Waals surface area contributed by atoms with Gasteiger partial charge in [-0.1, -0.05) is 30.3 Å². The van der Waals surface area contributed by atoms with E-state index in [1.54, 1.807) is 0 Å². The summed E-state index contributed by atoms with van der Waals surface area (Å²) in [6, 6.07) is 14.0. The standard InChI is InChI=1S/C34H43N5O5/c1-24-28(17-18-29(36-24)44-27-14-8-15-27)33-37-32(35-23-40)31(39(33)22-25-10-3-2-4-11-25)34(41)38(26-12-7-13-26)19-9-21-43-30-16-5-6-20-42-30/h2-4,10-11,17-18,23,26-27,30H,5-9,12-16,19-22H2,1H3,(H,35,40). The Labute approximate surface area is 259 Å². The highest BCUT2D eigenvalue weighted by molar-refractivity contribution is 6.00. The van der Waals surface area contributed by atoms with Crippen LogP contribution in [0.5, 0.6) is 5.88 Å². The van der Waals surface area contributed by atoms with E-state index in [2.05, 4.69) is 5.32 Å². The number of anilines is 1. The Bertz CT molecular complexity index is 1410. The fourth-order valence-corrected chi connectivity index (χ4v) is 6.03. The lowest BCUT2D eigenvalue weighted by atomic mass is 9.91. The number of ether oxygens (including phenoxy) is 3. The number of nitrogens with zero attached hydrogens (tertiary/aromatic N) is 4. The Morgan fingerprint density at radius 3 is 2.52 bits per heavy atom. The Hall–Kier alpha value is -3.76. The van der Waals surface area contributed by atoms with Gasteiger partial charge in [0.25, 0.3) is 5.91 Å². The van der Waals surface area contributed by atoms with Crippen molar-refractivity contribution < 1.29 is 23.8 Å². The molecule has 2 aromatic heterocycles. The second-order valence-corrected chi connectivity index (χ2v) is 12.0. The zero-order valence-corrected chi connectivity index (χ0v) is 25.6. The average molecular weight is 602 g/mol. The van der Waals surface area contributed by atoms with Gasteiger partial charge in [0.05, 0.1) is 12.3 Å². The van der Waals surface area contributed by atoms with Crippen molar-refractivity contribution in [1.29, 1.82) is 0 Å². The van der Waals surface area contributed by atoms with Crippen LogP contribution in [0.1, 0.15) is 86.0 Å². The number of hydrogen-bond donors (Lipinski definition) is 1. The van der Waals surface area contributed by atoms with E-state index in [0.717, 1.165) is 74.8 Å². The molecule has 1 saturated heterocycles. The third-order valence-corrected chi connectivity index (χ3v) is 8.95. The number of nitrogens with one attached hydrogen (secondary N) is 1. The summed E-state index contributed by atoms with van der Waals surface area (Å²) in [5.41, 5.74) is 2.92. The van der Waals surface area contributed by atoms with Crippen LogP contribution in [0.2, 0.25) is 0 Å². The number of pyridine rings is 1. The van der Waals surface area contributed by atoms with Crippen molar-refractivity contribution in [2.24, 2.45) is 0 Å². The maximum absolute atomic E-state index is 14.5. The van der Waals surface area contributed by atoms with Gasteiger partial charge in [0.2, 0.25) is 12.3 Å². The molecule has 1 N–H and O–H groups in total. The van der Waals surface area contributed by atoms with Crippen LogP contribution in [0, 0.1) is 6.92 Å². The third kappa shape index (κ3) is 6.97. The van der Waals surface area contributed by atoms with Crippen LogP contribution in [-0.4, -0.2) is 69.9 Å². The summed E-state index contributed by atoms with van der Waals surface area (Å²) in [6.07, 6.45) is 10.7. The van der Waals surface area contributed by atoms with Gasteiger partial charge >= 0.3 is 0 Å². The number of carbonyl (C=O) groups is 2. The van der Waals surface area contributed by atoms with Crippen molar-refractivity contribution >= 4 is 18.1 Å². The fourth-order valence-electron chi connectivity index (χ4n) is 6.03. The second kappa shape index (κ2) is 14.3. The van der Waals surface area contributed by atoms with E-state index >= 15 is 0 Å². The molecule has 234 valence electrons. The molecule has 0 spiro atoms. The normalized spacial score (nSPS) is 18.7. The predicted octanol–water partition coefficient (Wildman–Crippen LogP) is 5.73. The Kier molecular flexibility index (Phi) is 9.87. The molecule has 1 unspecified atom stereocenters. The first kappa shape index (κ1) is 30.3. The van der Waals surface area contributed by atoms with Gasteiger partial charge in [0, 0.05) is 37.4 Å². The zero-order chi connectivity index (χ0) is 30.3. The lowest BCUT2D eigenvalue weighted by molar-refractivity contribution is -0.163. The largest absolute Gasteiger partial charge is 0.474 e. The van der Waals surface area contributed by atoms with Gasteiger partial charge in [0.15, 0.2) is 17.8 Å². The monoisotopic (exact) mass is 601 g/mol. The van der Waals surface area contributed by atoms with E-state index in [0.29, 0.717) is 49.9 Å². The van der Waals surface area contributed by atoms with Crippen LogP contribution in [0.4, 0.5) is 5.82 Å². The minimum Gasteiger partial charge on any atom is -0.474 e. The molecule has 3 fully saturated rings. The molecule has 10 heteroatoms. The van der Waals surface area contributed by atoms with Gasteiger partial charge in [-0.3, -0.25) is 9.59 Å². The average Bonchev–Trinajstić information content (AvgIpc) is 3.33. The summed E-state index contributed by atoms with van der Waals surface area (Å²) in [4.78, 5) is 37.9. The van der Waals surface area contributed by atoms with E-state index in [1.807, 2.05) is 58.9 Å². The van der Waals surface area contributed by atoms with E-state index in [9.17, 15) is 9.59 Å². The quantitative estimate of drug-likeness (QED) is 0.186. The van der Waals surface area contributed by atoms with E-state index in [1.165, 1.54) is 6.42 Å². The fraction of sp³-hybridized carbons (Fsp3) is 0.529. The minimum absolute atomic E-state index is 0.141. The first-order chi connectivity index (χ1) is 21.6. The first-order valence-electron chi connectivity index (χ1n) is 16.1. The highest BCUT2D eigenvalue weighted by Gasteiger charge is 2.34. The van der Waals surface area contributed by atoms with Gasteiger partial charge in [-0.25, -0.2) is 9.97 Å². The van der Waals surface area contributed by atoms with Crippen molar-refractivity contribution in [1.82, 2.24) is 19.4 Å². The summed E-state index contributed by atoms with van der Waals surface area (Å²) >= 11 is 0. The highest BCUT2D eigenvalue weighted by Crippen LogP contribution is 2.34. The molecule has 0 bridgehead atoms. The molecular weight excluding hydrogens is 558 g/mol. The number of rotatable bonds is 14. The van der Waals surface area contributed by atoms with Crippen molar-refractivity contribution in [3.63, 3.8) is 0 Å². The topological polar surface area (TPSA) is 108 Å². The van der Waals surface area contributed by atoms with E-state index in [4.69, 9.17) is 24.2 Å². The van der Waals surface area contributed by atoms with Gasteiger partial charge < -0.3 is 29.0 Å². The van der Waals surface area contributed by atoms with E-state index in [-0.39, 0.29) is 30.2 Å². The molecule has 10 nitrogen and oxygen atoms in total. The molecule has 2 aliphatic carbocycles. The molecule has 0 radical (unpaired) electrons. The lowest BCUT2D eigenvalue weighted by Gasteiger charge is -2.38. The number of aryl methyl sites for hydroxylation is 1.